The Morgan fingerprint density at radius 2 is 2.15 bits per heavy atom. The lowest BCUT2D eigenvalue weighted by Crippen LogP contribution is -2.32. The van der Waals surface area contributed by atoms with Crippen LogP contribution in [0.3, 0.4) is 0 Å². The smallest absolute Gasteiger partial charge is 0.224 e. The van der Waals surface area contributed by atoms with Gasteiger partial charge in [0.25, 0.3) is 0 Å². The molecule has 2 rings (SSSR count). The standard InChI is InChI=1S/C14H21NO4S/c1-9-6-12(9)13-5-4-11(19-13)7-15-14(16)10(2)8-20(3,17)18/h4-5,9-10,12H,6-8H2,1-3H3,(H,15,16)/t9-,10-,12+/m1/s1. The van der Waals surface area contributed by atoms with Crippen molar-refractivity contribution in [2.75, 3.05) is 12.0 Å². The number of nitrogens with one attached hydrogen (secondary N) is 1. The molecule has 3 atom stereocenters. The van der Waals surface area contributed by atoms with Crippen LogP contribution >= 0.6 is 0 Å². The maximum Gasteiger partial charge on any atom is 0.224 e. The molecule has 5 nitrogen and oxygen atoms in total. The predicted molar refractivity (Wildman–Crippen MR) is 76.0 cm³/mol. The van der Waals surface area contributed by atoms with Crippen molar-refractivity contribution in [2.45, 2.75) is 32.7 Å². The summed E-state index contributed by atoms with van der Waals surface area (Å²) < 4.78 is 28.0. The van der Waals surface area contributed by atoms with Crippen LogP contribution in [0, 0.1) is 11.8 Å². The summed E-state index contributed by atoms with van der Waals surface area (Å²) in [6.45, 7) is 4.09. The largest absolute Gasteiger partial charge is 0.464 e. The van der Waals surface area contributed by atoms with Crippen LogP contribution in [-0.2, 0) is 21.2 Å². The van der Waals surface area contributed by atoms with Gasteiger partial charge in [0.1, 0.15) is 21.4 Å². The lowest BCUT2D eigenvalue weighted by Gasteiger charge is -2.10. The van der Waals surface area contributed by atoms with Crippen molar-refractivity contribution in [1.29, 1.82) is 0 Å². The van der Waals surface area contributed by atoms with E-state index in [0.29, 0.717) is 24.1 Å². The molecule has 1 aromatic heterocycles. The second-order valence-electron chi connectivity index (χ2n) is 5.83. The summed E-state index contributed by atoms with van der Waals surface area (Å²) in [6.07, 6.45) is 2.29. The SMILES string of the molecule is C[C@H](CS(C)(=O)=O)C(=O)NCc1ccc([C@H]2C[C@H]2C)o1. The van der Waals surface area contributed by atoms with Crippen LogP contribution in [0.1, 0.15) is 37.7 Å². The van der Waals surface area contributed by atoms with Gasteiger partial charge in [-0.15, -0.1) is 0 Å². The summed E-state index contributed by atoms with van der Waals surface area (Å²) in [5, 5.41) is 2.71. The fraction of sp³-hybridized carbons (Fsp3) is 0.643. The average Bonchev–Trinajstić information content (AvgIpc) is 2.88. The van der Waals surface area contributed by atoms with Gasteiger partial charge in [0.2, 0.25) is 5.91 Å². The van der Waals surface area contributed by atoms with Gasteiger partial charge < -0.3 is 9.73 Å². The third-order valence-corrected chi connectivity index (χ3v) is 4.70. The first-order valence-electron chi connectivity index (χ1n) is 6.80. The van der Waals surface area contributed by atoms with E-state index < -0.39 is 15.8 Å². The molecule has 0 radical (unpaired) electrons. The molecule has 0 bridgehead atoms. The van der Waals surface area contributed by atoms with Crippen LogP contribution in [0.5, 0.6) is 0 Å². The molecular formula is C14H21NO4S. The molecule has 1 amide bonds. The number of carbonyl (C=O) groups excluding carboxylic acids is 1. The summed E-state index contributed by atoms with van der Waals surface area (Å²) in [6, 6.07) is 3.82. The van der Waals surface area contributed by atoms with E-state index in [1.807, 2.05) is 12.1 Å². The number of carbonyl (C=O) groups is 1. The first-order chi connectivity index (χ1) is 9.26. The average molecular weight is 299 g/mol. The fourth-order valence-corrected chi connectivity index (χ4v) is 3.35. The molecule has 112 valence electrons. The normalized spacial score (nSPS) is 23.4. The van der Waals surface area contributed by atoms with Gasteiger partial charge in [0.05, 0.1) is 12.3 Å². The van der Waals surface area contributed by atoms with Crippen LogP contribution in [0.25, 0.3) is 0 Å². The van der Waals surface area contributed by atoms with E-state index in [4.69, 9.17) is 4.42 Å². The highest BCUT2D eigenvalue weighted by Crippen LogP contribution is 2.47. The van der Waals surface area contributed by atoms with Gasteiger partial charge in [-0.3, -0.25) is 4.79 Å². The van der Waals surface area contributed by atoms with Gasteiger partial charge in [0.15, 0.2) is 0 Å². The van der Waals surface area contributed by atoms with E-state index >= 15 is 0 Å². The van der Waals surface area contributed by atoms with Gasteiger partial charge in [-0.25, -0.2) is 8.42 Å². The van der Waals surface area contributed by atoms with Crippen molar-refractivity contribution in [3.63, 3.8) is 0 Å². The van der Waals surface area contributed by atoms with Gasteiger partial charge >= 0.3 is 0 Å². The highest BCUT2D eigenvalue weighted by Gasteiger charge is 2.36. The lowest BCUT2D eigenvalue weighted by molar-refractivity contribution is -0.124. The molecule has 6 heteroatoms. The molecule has 20 heavy (non-hydrogen) atoms. The molecule has 0 saturated heterocycles. The van der Waals surface area contributed by atoms with Crippen molar-refractivity contribution < 1.29 is 17.6 Å². The van der Waals surface area contributed by atoms with E-state index in [2.05, 4.69) is 12.2 Å². The lowest BCUT2D eigenvalue weighted by atomic mass is 10.2. The van der Waals surface area contributed by atoms with E-state index in [1.54, 1.807) is 6.92 Å². The molecule has 0 aromatic carbocycles. The quantitative estimate of drug-likeness (QED) is 0.867. The van der Waals surface area contributed by atoms with E-state index in [0.717, 1.165) is 18.4 Å². The number of hydrogen-bond acceptors (Lipinski definition) is 4. The van der Waals surface area contributed by atoms with Crippen molar-refractivity contribution in [3.8, 4) is 0 Å². The van der Waals surface area contributed by atoms with Gasteiger partial charge in [0, 0.05) is 18.1 Å². The van der Waals surface area contributed by atoms with Crippen molar-refractivity contribution in [1.82, 2.24) is 5.32 Å². The zero-order valence-electron chi connectivity index (χ0n) is 12.0. The minimum atomic E-state index is -3.14. The summed E-state index contributed by atoms with van der Waals surface area (Å²) in [7, 11) is -3.14. The minimum Gasteiger partial charge on any atom is -0.464 e. The summed E-state index contributed by atoms with van der Waals surface area (Å²) in [4.78, 5) is 11.8. The molecule has 0 spiro atoms. The Bertz CT molecular complexity index is 590. The van der Waals surface area contributed by atoms with E-state index in [9.17, 15) is 13.2 Å². The van der Waals surface area contributed by atoms with Gasteiger partial charge in [-0.05, 0) is 24.5 Å². The molecule has 0 aliphatic heterocycles. The zero-order chi connectivity index (χ0) is 14.9. The highest BCUT2D eigenvalue weighted by atomic mass is 32.2. The Hall–Kier alpha value is -1.30. The molecule has 1 N–H and O–H groups in total. The number of hydrogen-bond donors (Lipinski definition) is 1. The first-order valence-corrected chi connectivity index (χ1v) is 8.86. The van der Waals surface area contributed by atoms with Crippen LogP contribution in [-0.4, -0.2) is 26.3 Å². The predicted octanol–water partition coefficient (Wildman–Crippen LogP) is 1.70. The third kappa shape index (κ3) is 4.10. The number of sulfone groups is 1. The molecular weight excluding hydrogens is 278 g/mol. The second kappa shape index (κ2) is 5.60. The van der Waals surface area contributed by atoms with Crippen molar-refractivity contribution in [2.24, 2.45) is 11.8 Å². The van der Waals surface area contributed by atoms with Gasteiger partial charge in [-0.2, -0.15) is 0 Å². The Morgan fingerprint density at radius 1 is 1.50 bits per heavy atom. The van der Waals surface area contributed by atoms with Crippen molar-refractivity contribution in [3.05, 3.63) is 23.7 Å². The summed E-state index contributed by atoms with van der Waals surface area (Å²) in [5.74, 6) is 1.92. The Kier molecular flexibility index (Phi) is 4.22. The Morgan fingerprint density at radius 3 is 2.70 bits per heavy atom. The Balaban J connectivity index is 1.82. The summed E-state index contributed by atoms with van der Waals surface area (Å²) >= 11 is 0. The van der Waals surface area contributed by atoms with Gasteiger partial charge in [-0.1, -0.05) is 13.8 Å². The molecule has 1 aliphatic carbocycles. The minimum absolute atomic E-state index is 0.137. The monoisotopic (exact) mass is 299 g/mol. The number of amides is 1. The highest BCUT2D eigenvalue weighted by molar-refractivity contribution is 7.90. The second-order valence-corrected chi connectivity index (χ2v) is 8.02. The molecule has 1 aliphatic rings. The maximum absolute atomic E-state index is 11.8. The fourth-order valence-electron chi connectivity index (χ4n) is 2.29. The summed E-state index contributed by atoms with van der Waals surface area (Å²) in [5.41, 5.74) is 0. The van der Waals surface area contributed by atoms with Crippen LogP contribution in [0.15, 0.2) is 16.5 Å². The van der Waals surface area contributed by atoms with Crippen LogP contribution in [0.2, 0.25) is 0 Å². The van der Waals surface area contributed by atoms with E-state index in [-0.39, 0.29) is 11.7 Å². The maximum atomic E-state index is 11.8. The third-order valence-electron chi connectivity index (χ3n) is 3.59. The molecule has 1 aromatic rings. The topological polar surface area (TPSA) is 76.4 Å². The molecule has 1 saturated carbocycles. The molecule has 1 heterocycles. The number of rotatable bonds is 6. The molecule has 1 fully saturated rings. The van der Waals surface area contributed by atoms with Crippen LogP contribution < -0.4 is 5.32 Å². The zero-order valence-corrected chi connectivity index (χ0v) is 12.9. The van der Waals surface area contributed by atoms with Crippen LogP contribution in [0.4, 0.5) is 0 Å². The van der Waals surface area contributed by atoms with Crippen molar-refractivity contribution >= 4 is 15.7 Å². The Labute approximate surface area is 119 Å². The number of furan rings is 1. The van der Waals surface area contributed by atoms with E-state index in [1.165, 1.54) is 0 Å². The first kappa shape index (κ1) is 15.1. The molecule has 0 unspecified atom stereocenters.